The minimum Gasteiger partial charge on any atom is -0.363 e. The van der Waals surface area contributed by atoms with Crippen molar-refractivity contribution in [2.45, 2.75) is 33.1 Å². The summed E-state index contributed by atoms with van der Waals surface area (Å²) < 4.78 is 4.65. The quantitative estimate of drug-likeness (QED) is 0.809. The Morgan fingerprint density at radius 1 is 1.44 bits per heavy atom. The van der Waals surface area contributed by atoms with E-state index < -0.39 is 0 Å². The molecule has 2 amide bonds. The van der Waals surface area contributed by atoms with E-state index in [4.69, 9.17) is 0 Å². The third-order valence-corrected chi connectivity index (χ3v) is 2.24. The lowest BCUT2D eigenvalue weighted by molar-refractivity contribution is 0.210. The Balaban J connectivity index is 2.46. The molecule has 5 heteroatoms. The van der Waals surface area contributed by atoms with Crippen molar-refractivity contribution in [3.63, 3.8) is 0 Å². The van der Waals surface area contributed by atoms with Crippen LogP contribution >= 0.6 is 0 Å². The maximum absolute atomic E-state index is 11.8. The van der Waals surface area contributed by atoms with Crippen molar-refractivity contribution in [2.24, 2.45) is 0 Å². The first-order valence-electron chi connectivity index (χ1n) is 5.74. The van der Waals surface area contributed by atoms with Gasteiger partial charge in [-0.3, -0.25) is 5.32 Å². The van der Waals surface area contributed by atoms with Crippen LogP contribution in [0.25, 0.3) is 0 Å². The smallest absolute Gasteiger partial charge is 0.323 e. The Morgan fingerprint density at radius 3 is 2.81 bits per heavy atom. The molecule has 0 atom stereocenters. The van der Waals surface area contributed by atoms with Crippen molar-refractivity contribution in [1.29, 1.82) is 0 Å². The van der Waals surface area contributed by atoms with E-state index >= 15 is 0 Å². The second-order valence-electron chi connectivity index (χ2n) is 3.66. The van der Waals surface area contributed by atoms with Crippen molar-refractivity contribution >= 4 is 11.8 Å². The molecule has 0 bridgehead atoms. The van der Waals surface area contributed by atoms with Crippen LogP contribution in [-0.2, 0) is 0 Å². The third-order valence-electron chi connectivity index (χ3n) is 2.24. The van der Waals surface area contributed by atoms with Crippen molar-refractivity contribution in [1.82, 2.24) is 10.1 Å². The Labute approximate surface area is 95.8 Å². The zero-order chi connectivity index (χ0) is 11.8. The van der Waals surface area contributed by atoms with Crippen LogP contribution in [0.1, 0.15) is 33.1 Å². The molecule has 0 aliphatic heterocycles. The lowest BCUT2D eigenvalue weighted by Gasteiger charge is -2.21. The normalized spacial score (nSPS) is 10.1. The molecular formula is C11H19N3O2. The third kappa shape index (κ3) is 3.92. The summed E-state index contributed by atoms with van der Waals surface area (Å²) in [4.78, 5) is 13.6. The fraction of sp³-hybridized carbons (Fsp3) is 0.636. The summed E-state index contributed by atoms with van der Waals surface area (Å²) >= 11 is 0. The number of unbranched alkanes of at least 4 members (excludes halogenated alkanes) is 1. The van der Waals surface area contributed by atoms with Gasteiger partial charge in [-0.25, -0.2) is 4.79 Å². The topological polar surface area (TPSA) is 58.4 Å². The van der Waals surface area contributed by atoms with E-state index in [0.717, 1.165) is 32.4 Å². The van der Waals surface area contributed by atoms with Gasteiger partial charge in [-0.15, -0.1) is 0 Å². The van der Waals surface area contributed by atoms with Crippen LogP contribution in [0.4, 0.5) is 10.6 Å². The Morgan fingerprint density at radius 2 is 2.25 bits per heavy atom. The molecular weight excluding hydrogens is 206 g/mol. The standard InChI is InChI=1S/C11H19N3O2/c1-3-5-8-14(7-4-2)11(15)12-10-6-9-16-13-10/h6,9H,3-5,7-8H2,1-2H3,(H,12,13,15). The highest BCUT2D eigenvalue weighted by Gasteiger charge is 2.12. The van der Waals surface area contributed by atoms with Gasteiger partial charge in [0.25, 0.3) is 0 Å². The second-order valence-corrected chi connectivity index (χ2v) is 3.66. The number of hydrogen-bond acceptors (Lipinski definition) is 3. The van der Waals surface area contributed by atoms with Crippen LogP contribution in [-0.4, -0.2) is 29.2 Å². The number of rotatable bonds is 6. The molecule has 16 heavy (non-hydrogen) atoms. The van der Waals surface area contributed by atoms with Crippen molar-refractivity contribution in [3.8, 4) is 0 Å². The summed E-state index contributed by atoms with van der Waals surface area (Å²) in [5.41, 5.74) is 0. The molecule has 0 saturated carbocycles. The first kappa shape index (κ1) is 12.5. The summed E-state index contributed by atoms with van der Waals surface area (Å²) in [5.74, 6) is 0.461. The summed E-state index contributed by atoms with van der Waals surface area (Å²) in [7, 11) is 0. The Hall–Kier alpha value is -1.52. The number of carbonyl (C=O) groups is 1. The fourth-order valence-corrected chi connectivity index (χ4v) is 1.40. The van der Waals surface area contributed by atoms with Crippen LogP contribution in [0.5, 0.6) is 0 Å². The highest BCUT2D eigenvalue weighted by Crippen LogP contribution is 2.05. The molecule has 0 fully saturated rings. The van der Waals surface area contributed by atoms with E-state index in [1.54, 1.807) is 11.0 Å². The molecule has 0 saturated heterocycles. The number of carbonyl (C=O) groups excluding carboxylic acids is 1. The predicted octanol–water partition coefficient (Wildman–Crippen LogP) is 2.72. The van der Waals surface area contributed by atoms with Gasteiger partial charge in [0, 0.05) is 19.2 Å². The number of amides is 2. The monoisotopic (exact) mass is 225 g/mol. The van der Waals surface area contributed by atoms with Gasteiger partial charge < -0.3 is 9.42 Å². The van der Waals surface area contributed by atoms with Gasteiger partial charge in [-0.2, -0.15) is 0 Å². The van der Waals surface area contributed by atoms with Gasteiger partial charge in [0.15, 0.2) is 5.82 Å². The SMILES string of the molecule is CCCCN(CCC)C(=O)Nc1ccon1. The molecule has 0 radical (unpaired) electrons. The van der Waals surface area contributed by atoms with Crippen molar-refractivity contribution in [2.75, 3.05) is 18.4 Å². The van der Waals surface area contributed by atoms with Gasteiger partial charge in [0.2, 0.25) is 0 Å². The number of aromatic nitrogens is 1. The molecule has 1 aromatic heterocycles. The Bertz CT molecular complexity index is 298. The molecule has 1 rings (SSSR count). The summed E-state index contributed by atoms with van der Waals surface area (Å²) in [5, 5.41) is 6.34. The van der Waals surface area contributed by atoms with Gasteiger partial charge in [0.05, 0.1) is 0 Å². The Kier molecular flexibility index (Phi) is 5.39. The molecule has 0 spiro atoms. The zero-order valence-electron chi connectivity index (χ0n) is 9.90. The molecule has 1 aromatic rings. The van der Waals surface area contributed by atoms with Crippen molar-refractivity contribution < 1.29 is 9.32 Å². The number of urea groups is 1. The zero-order valence-corrected chi connectivity index (χ0v) is 9.90. The van der Waals surface area contributed by atoms with E-state index in [1.165, 1.54) is 6.26 Å². The van der Waals surface area contributed by atoms with E-state index in [2.05, 4.69) is 28.8 Å². The van der Waals surface area contributed by atoms with E-state index in [9.17, 15) is 4.79 Å². The average Bonchev–Trinajstić information content (AvgIpc) is 2.76. The van der Waals surface area contributed by atoms with Crippen LogP contribution in [0.3, 0.4) is 0 Å². The van der Waals surface area contributed by atoms with Crippen LogP contribution in [0, 0.1) is 0 Å². The summed E-state index contributed by atoms with van der Waals surface area (Å²) in [6.07, 6.45) is 4.49. The minimum absolute atomic E-state index is 0.107. The van der Waals surface area contributed by atoms with Crippen LogP contribution in [0.15, 0.2) is 16.9 Å². The molecule has 1 N–H and O–H groups in total. The van der Waals surface area contributed by atoms with E-state index in [0.29, 0.717) is 5.82 Å². The van der Waals surface area contributed by atoms with Crippen molar-refractivity contribution in [3.05, 3.63) is 12.3 Å². The highest BCUT2D eigenvalue weighted by molar-refractivity contribution is 5.88. The second kappa shape index (κ2) is 6.87. The lowest BCUT2D eigenvalue weighted by Crippen LogP contribution is -2.36. The summed E-state index contributed by atoms with van der Waals surface area (Å²) in [6, 6.07) is 1.52. The maximum Gasteiger partial charge on any atom is 0.323 e. The van der Waals surface area contributed by atoms with Gasteiger partial charge in [0.1, 0.15) is 6.26 Å². The molecule has 5 nitrogen and oxygen atoms in total. The molecule has 0 aromatic carbocycles. The number of nitrogens with one attached hydrogen (secondary N) is 1. The van der Waals surface area contributed by atoms with Gasteiger partial charge >= 0.3 is 6.03 Å². The van der Waals surface area contributed by atoms with E-state index in [1.807, 2.05) is 0 Å². The number of anilines is 1. The average molecular weight is 225 g/mol. The molecule has 0 unspecified atom stereocenters. The highest BCUT2D eigenvalue weighted by atomic mass is 16.5. The lowest BCUT2D eigenvalue weighted by atomic mass is 10.3. The number of nitrogens with zero attached hydrogens (tertiary/aromatic N) is 2. The predicted molar refractivity (Wildman–Crippen MR) is 62.3 cm³/mol. The fourth-order valence-electron chi connectivity index (χ4n) is 1.40. The summed E-state index contributed by atoms with van der Waals surface area (Å²) in [6.45, 7) is 5.72. The minimum atomic E-state index is -0.107. The first-order chi connectivity index (χ1) is 7.77. The van der Waals surface area contributed by atoms with E-state index in [-0.39, 0.29) is 6.03 Å². The largest absolute Gasteiger partial charge is 0.363 e. The maximum atomic E-state index is 11.8. The van der Waals surface area contributed by atoms with Gasteiger partial charge in [-0.1, -0.05) is 25.4 Å². The molecule has 1 heterocycles. The molecule has 0 aliphatic rings. The number of hydrogen-bond donors (Lipinski definition) is 1. The van der Waals surface area contributed by atoms with Gasteiger partial charge in [-0.05, 0) is 12.8 Å². The molecule has 0 aliphatic carbocycles. The van der Waals surface area contributed by atoms with Crippen LogP contribution < -0.4 is 5.32 Å². The van der Waals surface area contributed by atoms with Crippen LogP contribution in [0.2, 0.25) is 0 Å². The molecule has 90 valence electrons. The first-order valence-corrected chi connectivity index (χ1v) is 5.74.